The van der Waals surface area contributed by atoms with Gasteiger partial charge in [0.2, 0.25) is 0 Å². The summed E-state index contributed by atoms with van der Waals surface area (Å²) in [5.41, 5.74) is 4.39. The molecule has 0 aliphatic rings. The first-order chi connectivity index (χ1) is 14.7. The van der Waals surface area contributed by atoms with Crippen LogP contribution in [0.1, 0.15) is 10.4 Å². The van der Waals surface area contributed by atoms with E-state index in [2.05, 4.69) is 14.9 Å². The maximum Gasteiger partial charge on any atom is 0.256 e. The molecule has 2 aromatic heterocycles. The number of pyridine rings is 1. The average molecular weight is 412 g/mol. The Balaban J connectivity index is 1.64. The van der Waals surface area contributed by atoms with Crippen LogP contribution in [0.25, 0.3) is 32.4 Å². The highest BCUT2D eigenvalue weighted by Gasteiger charge is 2.16. The number of amides is 1. The topological polar surface area (TPSA) is 77.0 Å². The number of aromatic nitrogens is 3. The summed E-state index contributed by atoms with van der Waals surface area (Å²) in [7, 11) is 1.60. The lowest BCUT2D eigenvalue weighted by molar-refractivity contribution is 0.102. The molecule has 0 atom stereocenters. The van der Waals surface area contributed by atoms with E-state index in [0.29, 0.717) is 22.7 Å². The number of fused-ring (bicyclic) bond motifs is 2. The highest BCUT2D eigenvalue weighted by Crippen LogP contribution is 2.32. The number of hydrogen-bond donors (Lipinski definition) is 1. The van der Waals surface area contributed by atoms with E-state index < -0.39 is 0 Å². The maximum absolute atomic E-state index is 13.2. The number of ether oxygens (including phenoxy) is 1. The molecule has 6 nitrogen and oxygen atoms in total. The van der Waals surface area contributed by atoms with Crippen molar-refractivity contribution in [1.82, 2.24) is 14.6 Å². The number of carbonyl (C=O) groups is 1. The predicted octanol–water partition coefficient (Wildman–Crippen LogP) is 5.17. The van der Waals surface area contributed by atoms with Crippen molar-refractivity contribution in [3.8, 4) is 17.0 Å². The summed E-state index contributed by atoms with van der Waals surface area (Å²) in [5, 5.41) is 7.90. The molecule has 7 heteroatoms. The standard InChI is InChI=1S/C23H16N4O2S/c1-29-15-7-4-6-14(12-15)24-23(28)18-13-21(25-19-10-3-2-8-16(18)19)17-9-5-11-20-22(17)30-27-26-20/h2-13H,1H3,(H,24,28). The van der Waals surface area contributed by atoms with E-state index in [0.717, 1.165) is 26.7 Å². The van der Waals surface area contributed by atoms with Gasteiger partial charge in [0, 0.05) is 22.7 Å². The maximum atomic E-state index is 13.2. The number of nitrogens with zero attached hydrogens (tertiary/aromatic N) is 3. The van der Waals surface area contributed by atoms with E-state index in [9.17, 15) is 4.79 Å². The minimum absolute atomic E-state index is 0.210. The number of benzene rings is 3. The van der Waals surface area contributed by atoms with Gasteiger partial charge in [-0.3, -0.25) is 4.79 Å². The Bertz CT molecular complexity index is 1400. The van der Waals surface area contributed by atoms with Gasteiger partial charge in [-0.1, -0.05) is 40.9 Å². The highest BCUT2D eigenvalue weighted by atomic mass is 32.1. The van der Waals surface area contributed by atoms with Crippen molar-refractivity contribution >= 4 is 44.2 Å². The molecule has 1 N–H and O–H groups in total. The molecule has 0 unspecified atom stereocenters. The van der Waals surface area contributed by atoms with Crippen LogP contribution in [-0.2, 0) is 0 Å². The van der Waals surface area contributed by atoms with Gasteiger partial charge in [0.25, 0.3) is 5.91 Å². The Morgan fingerprint density at radius 2 is 1.80 bits per heavy atom. The fourth-order valence-corrected chi connectivity index (χ4v) is 4.09. The lowest BCUT2D eigenvalue weighted by Crippen LogP contribution is -2.13. The van der Waals surface area contributed by atoms with Gasteiger partial charge in [-0.2, -0.15) is 0 Å². The van der Waals surface area contributed by atoms with Crippen LogP contribution >= 0.6 is 11.5 Å². The van der Waals surface area contributed by atoms with E-state index >= 15 is 0 Å². The van der Waals surface area contributed by atoms with Crippen molar-refractivity contribution in [2.24, 2.45) is 0 Å². The molecule has 0 aliphatic heterocycles. The van der Waals surface area contributed by atoms with Crippen LogP contribution in [0.5, 0.6) is 5.75 Å². The first-order valence-electron chi connectivity index (χ1n) is 9.29. The second-order valence-electron chi connectivity index (χ2n) is 6.69. The monoisotopic (exact) mass is 412 g/mol. The number of rotatable bonds is 4. The quantitative estimate of drug-likeness (QED) is 0.441. The Morgan fingerprint density at radius 3 is 2.70 bits per heavy atom. The van der Waals surface area contributed by atoms with Crippen LogP contribution in [0.4, 0.5) is 5.69 Å². The Kier molecular flexibility index (Phi) is 4.57. The number of nitrogens with one attached hydrogen (secondary N) is 1. The van der Waals surface area contributed by atoms with Crippen LogP contribution in [-0.4, -0.2) is 27.6 Å². The zero-order valence-electron chi connectivity index (χ0n) is 16.0. The SMILES string of the molecule is COc1cccc(NC(=O)c2cc(-c3cccc4nnsc34)nc3ccccc23)c1. The fourth-order valence-electron chi connectivity index (χ4n) is 3.41. The third-order valence-electron chi connectivity index (χ3n) is 4.84. The molecule has 0 fully saturated rings. The van der Waals surface area contributed by atoms with Crippen LogP contribution in [0, 0.1) is 0 Å². The van der Waals surface area contributed by atoms with Gasteiger partial charge >= 0.3 is 0 Å². The van der Waals surface area contributed by atoms with Gasteiger partial charge in [0.15, 0.2) is 0 Å². The lowest BCUT2D eigenvalue weighted by atomic mass is 10.0. The van der Waals surface area contributed by atoms with Crippen molar-refractivity contribution < 1.29 is 9.53 Å². The van der Waals surface area contributed by atoms with Gasteiger partial charge in [-0.05, 0) is 41.9 Å². The summed E-state index contributed by atoms with van der Waals surface area (Å²) in [6, 6.07) is 22.5. The third-order valence-corrected chi connectivity index (χ3v) is 5.61. The summed E-state index contributed by atoms with van der Waals surface area (Å²) in [6.45, 7) is 0. The molecule has 0 saturated carbocycles. The summed E-state index contributed by atoms with van der Waals surface area (Å²) in [6.07, 6.45) is 0. The number of carbonyl (C=O) groups excluding carboxylic acids is 1. The van der Waals surface area contributed by atoms with Gasteiger partial charge in [-0.15, -0.1) is 5.10 Å². The Morgan fingerprint density at radius 1 is 0.967 bits per heavy atom. The summed E-state index contributed by atoms with van der Waals surface area (Å²) >= 11 is 1.32. The van der Waals surface area contributed by atoms with E-state index in [1.807, 2.05) is 66.7 Å². The molecule has 5 rings (SSSR count). The Labute approximate surface area is 176 Å². The van der Waals surface area contributed by atoms with E-state index in [1.54, 1.807) is 13.2 Å². The molecule has 0 aliphatic carbocycles. The van der Waals surface area contributed by atoms with E-state index in [-0.39, 0.29) is 5.91 Å². The zero-order valence-corrected chi connectivity index (χ0v) is 16.8. The fraction of sp³-hybridized carbons (Fsp3) is 0.0435. The molecule has 0 saturated heterocycles. The number of hydrogen-bond acceptors (Lipinski definition) is 6. The van der Waals surface area contributed by atoms with Crippen molar-refractivity contribution in [2.75, 3.05) is 12.4 Å². The van der Waals surface area contributed by atoms with Gasteiger partial charge in [-0.25, -0.2) is 4.98 Å². The largest absolute Gasteiger partial charge is 0.497 e. The second-order valence-corrected chi connectivity index (χ2v) is 7.44. The third kappa shape index (κ3) is 3.25. The molecule has 5 aromatic rings. The van der Waals surface area contributed by atoms with Gasteiger partial charge < -0.3 is 10.1 Å². The molecular formula is C23H16N4O2S. The molecule has 0 spiro atoms. The molecule has 0 radical (unpaired) electrons. The average Bonchev–Trinajstić information content (AvgIpc) is 3.27. The first kappa shape index (κ1) is 18.2. The van der Waals surface area contributed by atoms with Crippen molar-refractivity contribution in [2.45, 2.75) is 0 Å². The van der Waals surface area contributed by atoms with Gasteiger partial charge in [0.1, 0.15) is 11.3 Å². The van der Waals surface area contributed by atoms with Crippen molar-refractivity contribution in [1.29, 1.82) is 0 Å². The molecular weight excluding hydrogens is 396 g/mol. The minimum Gasteiger partial charge on any atom is -0.497 e. The molecule has 3 aromatic carbocycles. The molecule has 146 valence electrons. The van der Waals surface area contributed by atoms with Gasteiger partial charge in [0.05, 0.1) is 28.6 Å². The lowest BCUT2D eigenvalue weighted by Gasteiger charge is -2.11. The van der Waals surface area contributed by atoms with E-state index in [4.69, 9.17) is 9.72 Å². The highest BCUT2D eigenvalue weighted by molar-refractivity contribution is 7.13. The minimum atomic E-state index is -0.210. The number of para-hydroxylation sites is 1. The summed E-state index contributed by atoms with van der Waals surface area (Å²) in [4.78, 5) is 18.0. The number of methoxy groups -OCH3 is 1. The smallest absolute Gasteiger partial charge is 0.256 e. The second kappa shape index (κ2) is 7.53. The van der Waals surface area contributed by atoms with Crippen LogP contribution < -0.4 is 10.1 Å². The summed E-state index contributed by atoms with van der Waals surface area (Å²) in [5.74, 6) is 0.468. The molecule has 0 bridgehead atoms. The Hall–Kier alpha value is -3.84. The van der Waals surface area contributed by atoms with Crippen molar-refractivity contribution in [3.05, 3.63) is 78.4 Å². The summed E-state index contributed by atoms with van der Waals surface area (Å²) < 4.78 is 10.2. The normalized spacial score (nSPS) is 11.0. The van der Waals surface area contributed by atoms with Crippen LogP contribution in [0.15, 0.2) is 72.8 Å². The predicted molar refractivity (Wildman–Crippen MR) is 119 cm³/mol. The van der Waals surface area contributed by atoms with Crippen LogP contribution in [0.2, 0.25) is 0 Å². The zero-order chi connectivity index (χ0) is 20.5. The van der Waals surface area contributed by atoms with Crippen LogP contribution in [0.3, 0.4) is 0 Å². The number of anilines is 1. The van der Waals surface area contributed by atoms with E-state index in [1.165, 1.54) is 11.5 Å². The molecule has 1 amide bonds. The first-order valence-corrected chi connectivity index (χ1v) is 10.1. The molecule has 2 heterocycles. The van der Waals surface area contributed by atoms with Crippen molar-refractivity contribution in [3.63, 3.8) is 0 Å². The molecule has 30 heavy (non-hydrogen) atoms.